The largest absolute Gasteiger partial charge is 0.360 e. The van der Waals surface area contributed by atoms with E-state index in [-0.39, 0.29) is 5.91 Å². The Labute approximate surface area is 110 Å². The number of hydrogen-bond donors (Lipinski definition) is 1. The zero-order valence-corrected chi connectivity index (χ0v) is 11.4. The molecule has 1 aliphatic heterocycles. The SMILES string of the molecule is CN1CCN(c2cccc(Br)c2CN)CC1=O. The molecule has 92 valence electrons. The highest BCUT2D eigenvalue weighted by atomic mass is 79.9. The zero-order chi connectivity index (χ0) is 12.4. The summed E-state index contributed by atoms with van der Waals surface area (Å²) in [7, 11) is 1.84. The molecular weight excluding hydrogens is 282 g/mol. The Bertz CT molecular complexity index is 436. The molecule has 1 amide bonds. The van der Waals surface area contributed by atoms with E-state index in [1.54, 1.807) is 4.90 Å². The summed E-state index contributed by atoms with van der Waals surface area (Å²) < 4.78 is 1.00. The summed E-state index contributed by atoms with van der Waals surface area (Å²) in [6.45, 7) is 2.51. The van der Waals surface area contributed by atoms with Crippen LogP contribution in [-0.4, -0.2) is 37.5 Å². The Morgan fingerprint density at radius 3 is 2.82 bits per heavy atom. The van der Waals surface area contributed by atoms with Gasteiger partial charge in [-0.2, -0.15) is 0 Å². The van der Waals surface area contributed by atoms with Gasteiger partial charge in [0.25, 0.3) is 0 Å². The number of nitrogens with two attached hydrogens (primary N) is 1. The highest BCUT2D eigenvalue weighted by molar-refractivity contribution is 9.10. The quantitative estimate of drug-likeness (QED) is 0.892. The van der Waals surface area contributed by atoms with Crippen molar-refractivity contribution in [1.29, 1.82) is 0 Å². The number of carbonyl (C=O) groups excluding carboxylic acids is 1. The Hall–Kier alpha value is -1.07. The molecule has 1 aliphatic rings. The van der Waals surface area contributed by atoms with Crippen molar-refractivity contribution in [2.45, 2.75) is 6.54 Å². The second-order valence-corrected chi connectivity index (χ2v) is 5.03. The standard InChI is InChI=1S/C12H16BrN3O/c1-15-5-6-16(8-12(15)17)11-4-2-3-10(13)9(11)7-14/h2-4H,5-8,14H2,1H3. The van der Waals surface area contributed by atoms with Crippen LogP contribution < -0.4 is 10.6 Å². The molecule has 0 saturated carbocycles. The van der Waals surface area contributed by atoms with Crippen LogP contribution in [0.3, 0.4) is 0 Å². The van der Waals surface area contributed by atoms with Crippen molar-refractivity contribution in [3.63, 3.8) is 0 Å². The normalized spacial score (nSPS) is 16.5. The fourth-order valence-corrected chi connectivity index (χ4v) is 2.53. The molecule has 5 heteroatoms. The lowest BCUT2D eigenvalue weighted by molar-refractivity contribution is -0.129. The molecule has 0 aromatic heterocycles. The van der Waals surface area contributed by atoms with Gasteiger partial charge in [0.15, 0.2) is 0 Å². The van der Waals surface area contributed by atoms with Crippen LogP contribution in [0.2, 0.25) is 0 Å². The van der Waals surface area contributed by atoms with Crippen LogP contribution in [0.4, 0.5) is 5.69 Å². The zero-order valence-electron chi connectivity index (χ0n) is 9.82. The predicted octanol–water partition coefficient (Wildman–Crippen LogP) is 1.19. The van der Waals surface area contributed by atoms with Crippen LogP contribution in [0.25, 0.3) is 0 Å². The maximum absolute atomic E-state index is 11.7. The maximum atomic E-state index is 11.7. The number of hydrogen-bond acceptors (Lipinski definition) is 3. The summed E-state index contributed by atoms with van der Waals surface area (Å²) in [5, 5.41) is 0. The number of rotatable bonds is 2. The number of anilines is 1. The van der Waals surface area contributed by atoms with Crippen LogP contribution in [-0.2, 0) is 11.3 Å². The van der Waals surface area contributed by atoms with E-state index < -0.39 is 0 Å². The van der Waals surface area contributed by atoms with Gasteiger partial charge in [0.2, 0.25) is 5.91 Å². The van der Waals surface area contributed by atoms with Crippen molar-refractivity contribution >= 4 is 27.5 Å². The number of benzene rings is 1. The third kappa shape index (κ3) is 2.45. The summed E-state index contributed by atoms with van der Waals surface area (Å²) in [4.78, 5) is 15.6. The highest BCUT2D eigenvalue weighted by Gasteiger charge is 2.22. The number of likely N-dealkylation sites (N-methyl/N-ethyl adjacent to an activating group) is 1. The molecule has 1 aromatic carbocycles. The van der Waals surface area contributed by atoms with E-state index in [1.165, 1.54) is 0 Å². The lowest BCUT2D eigenvalue weighted by Crippen LogP contribution is -2.48. The molecule has 0 radical (unpaired) electrons. The number of halogens is 1. The van der Waals surface area contributed by atoms with Crippen molar-refractivity contribution in [2.75, 3.05) is 31.6 Å². The lowest BCUT2D eigenvalue weighted by atomic mass is 10.1. The van der Waals surface area contributed by atoms with Gasteiger partial charge in [-0.3, -0.25) is 4.79 Å². The molecule has 1 aromatic rings. The molecule has 0 unspecified atom stereocenters. The van der Waals surface area contributed by atoms with E-state index >= 15 is 0 Å². The maximum Gasteiger partial charge on any atom is 0.241 e. The Morgan fingerprint density at radius 1 is 1.41 bits per heavy atom. The second-order valence-electron chi connectivity index (χ2n) is 4.18. The van der Waals surface area contributed by atoms with Gasteiger partial charge in [0, 0.05) is 42.4 Å². The first-order chi connectivity index (χ1) is 8.13. The summed E-state index contributed by atoms with van der Waals surface area (Å²) in [5.74, 6) is 0.152. The minimum absolute atomic E-state index is 0.152. The molecule has 1 saturated heterocycles. The number of piperazine rings is 1. The number of amides is 1. The van der Waals surface area contributed by atoms with Crippen LogP contribution in [0, 0.1) is 0 Å². The van der Waals surface area contributed by atoms with E-state index in [9.17, 15) is 4.79 Å². The first-order valence-electron chi connectivity index (χ1n) is 5.60. The van der Waals surface area contributed by atoms with E-state index in [0.29, 0.717) is 13.1 Å². The van der Waals surface area contributed by atoms with Crippen molar-refractivity contribution in [1.82, 2.24) is 4.90 Å². The Balaban J connectivity index is 2.28. The molecule has 1 fully saturated rings. The molecule has 4 nitrogen and oxygen atoms in total. The van der Waals surface area contributed by atoms with Gasteiger partial charge >= 0.3 is 0 Å². The van der Waals surface area contributed by atoms with Gasteiger partial charge in [-0.05, 0) is 12.1 Å². The fraction of sp³-hybridized carbons (Fsp3) is 0.417. The number of carbonyl (C=O) groups is 1. The summed E-state index contributed by atoms with van der Waals surface area (Å²) in [5.41, 5.74) is 7.89. The van der Waals surface area contributed by atoms with Gasteiger partial charge in [-0.15, -0.1) is 0 Å². The average Bonchev–Trinajstić information content (AvgIpc) is 2.32. The molecule has 0 aliphatic carbocycles. The third-order valence-corrected chi connectivity index (χ3v) is 3.84. The summed E-state index contributed by atoms with van der Waals surface area (Å²) >= 11 is 3.50. The molecule has 2 N–H and O–H groups in total. The second kappa shape index (κ2) is 5.06. The van der Waals surface area contributed by atoms with Gasteiger partial charge in [-0.1, -0.05) is 22.0 Å². The minimum Gasteiger partial charge on any atom is -0.360 e. The monoisotopic (exact) mass is 297 g/mol. The first-order valence-corrected chi connectivity index (χ1v) is 6.39. The third-order valence-electron chi connectivity index (χ3n) is 3.10. The molecule has 0 bridgehead atoms. The molecule has 2 rings (SSSR count). The molecule has 1 heterocycles. The van der Waals surface area contributed by atoms with Crippen molar-refractivity contribution in [2.24, 2.45) is 5.73 Å². The molecule has 0 atom stereocenters. The van der Waals surface area contributed by atoms with Gasteiger partial charge in [0.1, 0.15) is 0 Å². The smallest absolute Gasteiger partial charge is 0.241 e. The van der Waals surface area contributed by atoms with Crippen LogP contribution in [0.1, 0.15) is 5.56 Å². The highest BCUT2D eigenvalue weighted by Crippen LogP contribution is 2.28. The lowest BCUT2D eigenvalue weighted by Gasteiger charge is -2.34. The predicted molar refractivity (Wildman–Crippen MR) is 71.9 cm³/mol. The van der Waals surface area contributed by atoms with Crippen LogP contribution in [0.15, 0.2) is 22.7 Å². The Kier molecular flexibility index (Phi) is 3.69. The van der Waals surface area contributed by atoms with E-state index in [2.05, 4.69) is 20.8 Å². The molecular formula is C12H16BrN3O. The topological polar surface area (TPSA) is 49.6 Å². The van der Waals surface area contributed by atoms with Gasteiger partial charge < -0.3 is 15.5 Å². The molecule has 0 spiro atoms. The van der Waals surface area contributed by atoms with E-state index in [4.69, 9.17) is 5.73 Å². The fourth-order valence-electron chi connectivity index (χ4n) is 2.01. The first kappa shape index (κ1) is 12.4. The summed E-state index contributed by atoms with van der Waals surface area (Å²) in [6.07, 6.45) is 0. The summed E-state index contributed by atoms with van der Waals surface area (Å²) in [6, 6.07) is 5.97. The van der Waals surface area contributed by atoms with Gasteiger partial charge in [0.05, 0.1) is 6.54 Å². The van der Waals surface area contributed by atoms with Crippen LogP contribution in [0.5, 0.6) is 0 Å². The van der Waals surface area contributed by atoms with E-state index in [1.807, 2.05) is 25.2 Å². The number of nitrogens with zero attached hydrogens (tertiary/aromatic N) is 2. The van der Waals surface area contributed by atoms with E-state index in [0.717, 1.165) is 28.8 Å². The molecule has 17 heavy (non-hydrogen) atoms. The van der Waals surface area contributed by atoms with Crippen LogP contribution >= 0.6 is 15.9 Å². The van der Waals surface area contributed by atoms with Crippen molar-refractivity contribution < 1.29 is 4.79 Å². The van der Waals surface area contributed by atoms with Gasteiger partial charge in [-0.25, -0.2) is 0 Å². The average molecular weight is 298 g/mol. The van der Waals surface area contributed by atoms with Crippen molar-refractivity contribution in [3.05, 3.63) is 28.2 Å². The van der Waals surface area contributed by atoms with Crippen molar-refractivity contribution in [3.8, 4) is 0 Å². The minimum atomic E-state index is 0.152. The Morgan fingerprint density at radius 2 is 2.18 bits per heavy atom.